The number of alkyl halides is 3. The van der Waals surface area contributed by atoms with Gasteiger partial charge in [-0.05, 0) is 12.1 Å². The molecule has 0 fully saturated rings. The second-order valence-corrected chi connectivity index (χ2v) is 6.37. The summed E-state index contributed by atoms with van der Waals surface area (Å²) < 4.78 is 44.8. The Morgan fingerprint density at radius 2 is 1.74 bits per heavy atom. The zero-order valence-electron chi connectivity index (χ0n) is 11.0. The highest BCUT2D eigenvalue weighted by Gasteiger charge is 2.45. The zero-order chi connectivity index (χ0) is 16.6. The Kier molecular flexibility index (Phi) is 4.31. The van der Waals surface area contributed by atoms with Crippen LogP contribution in [-0.4, -0.2) is 21.1 Å². The predicted molar refractivity (Wildman–Crippen MR) is 81.1 cm³/mol. The summed E-state index contributed by atoms with van der Waals surface area (Å²) in [5.41, 5.74) is 0.824. The highest BCUT2D eigenvalue weighted by atomic mass is 35.5. The van der Waals surface area contributed by atoms with Crippen LogP contribution in [-0.2, 0) is 0 Å². The highest BCUT2D eigenvalue weighted by Crippen LogP contribution is 2.40. The molecule has 0 aliphatic rings. The molecule has 3 rings (SSSR count). The number of para-hydroxylation sites is 2. The normalized spacial score (nSPS) is 13.3. The molecular weight excluding hydrogens is 374 g/mol. The van der Waals surface area contributed by atoms with Crippen molar-refractivity contribution in [3.05, 3.63) is 45.0 Å². The van der Waals surface area contributed by atoms with Gasteiger partial charge in [-0.15, -0.1) is 11.3 Å². The van der Waals surface area contributed by atoms with Gasteiger partial charge in [-0.25, -0.2) is 15.0 Å². The number of ether oxygens (including phenoxy) is 1. The molecule has 0 radical (unpaired) electrons. The van der Waals surface area contributed by atoms with Gasteiger partial charge < -0.3 is 4.74 Å². The summed E-state index contributed by atoms with van der Waals surface area (Å²) in [5, 5.41) is -0.256. The second kappa shape index (κ2) is 6.10. The van der Waals surface area contributed by atoms with Gasteiger partial charge in [0.25, 0.3) is 5.88 Å². The molecule has 0 aliphatic heterocycles. The van der Waals surface area contributed by atoms with Crippen molar-refractivity contribution in [2.24, 2.45) is 0 Å². The Balaban J connectivity index is 2.01. The molecule has 0 saturated heterocycles. The largest absolute Gasteiger partial charge is 0.457 e. The number of halogens is 5. The summed E-state index contributed by atoms with van der Waals surface area (Å²) in [5.74, 6) is -0.405. The van der Waals surface area contributed by atoms with Crippen LogP contribution in [0.1, 0.15) is 11.0 Å². The van der Waals surface area contributed by atoms with Gasteiger partial charge in [0.15, 0.2) is 9.62 Å². The standard InChI is InChI=1S/C13H6Cl2F3N3OS/c14-10-11(21-7-4-2-1-3-6(7)20-10)22-9(13(16,17)18)8-5-19-12(15)23-8/h1-5,9H. The van der Waals surface area contributed by atoms with Crippen LogP contribution < -0.4 is 4.74 Å². The maximum Gasteiger partial charge on any atom is 0.430 e. The Labute approximate surface area is 141 Å². The van der Waals surface area contributed by atoms with Crippen LogP contribution in [0.25, 0.3) is 11.0 Å². The van der Waals surface area contributed by atoms with Crippen LogP contribution in [0.3, 0.4) is 0 Å². The van der Waals surface area contributed by atoms with E-state index in [1.165, 1.54) is 0 Å². The number of thiazole rings is 1. The summed E-state index contributed by atoms with van der Waals surface area (Å²) >= 11 is 12.2. The van der Waals surface area contributed by atoms with Crippen LogP contribution in [0.4, 0.5) is 13.2 Å². The average Bonchev–Trinajstić information content (AvgIpc) is 2.89. The SMILES string of the molecule is FC(F)(F)C(Oc1nc2ccccc2nc1Cl)c1cnc(Cl)s1. The van der Waals surface area contributed by atoms with Gasteiger partial charge >= 0.3 is 6.18 Å². The lowest BCUT2D eigenvalue weighted by Gasteiger charge is -2.20. The van der Waals surface area contributed by atoms with Crippen LogP contribution >= 0.6 is 34.5 Å². The van der Waals surface area contributed by atoms with E-state index in [9.17, 15) is 13.2 Å². The first-order valence-corrected chi connectivity index (χ1v) is 7.69. The Morgan fingerprint density at radius 3 is 2.30 bits per heavy atom. The molecule has 2 aromatic heterocycles. The quantitative estimate of drug-likeness (QED) is 0.636. The fourth-order valence-corrected chi connectivity index (χ4v) is 3.01. The van der Waals surface area contributed by atoms with Crippen molar-refractivity contribution < 1.29 is 17.9 Å². The van der Waals surface area contributed by atoms with Crippen molar-refractivity contribution in [2.75, 3.05) is 0 Å². The van der Waals surface area contributed by atoms with Crippen molar-refractivity contribution in [1.29, 1.82) is 0 Å². The summed E-state index contributed by atoms with van der Waals surface area (Å²) in [4.78, 5) is 11.4. The average molecular weight is 380 g/mol. The molecule has 1 unspecified atom stereocenters. The number of fused-ring (bicyclic) bond motifs is 1. The molecular formula is C13H6Cl2F3N3OS. The van der Waals surface area contributed by atoms with Gasteiger partial charge in [-0.3, -0.25) is 0 Å². The van der Waals surface area contributed by atoms with E-state index in [4.69, 9.17) is 27.9 Å². The summed E-state index contributed by atoms with van der Waals surface area (Å²) in [6.07, 6.45) is -5.96. The smallest absolute Gasteiger partial charge is 0.430 e. The van der Waals surface area contributed by atoms with Crippen molar-refractivity contribution in [3.63, 3.8) is 0 Å². The fourth-order valence-electron chi connectivity index (χ4n) is 1.82. The molecule has 1 atom stereocenters. The highest BCUT2D eigenvalue weighted by molar-refractivity contribution is 7.15. The molecule has 4 nitrogen and oxygen atoms in total. The van der Waals surface area contributed by atoms with E-state index in [2.05, 4.69) is 15.0 Å². The number of nitrogens with zero attached hydrogens (tertiary/aromatic N) is 3. The molecule has 0 spiro atoms. The van der Waals surface area contributed by atoms with Crippen molar-refractivity contribution >= 4 is 45.6 Å². The molecule has 0 bridgehead atoms. The Morgan fingerprint density at radius 1 is 1.09 bits per heavy atom. The Bertz CT molecular complexity index is 856. The topological polar surface area (TPSA) is 47.9 Å². The predicted octanol–water partition coefficient (Wildman–Crippen LogP) is 5.08. The zero-order valence-corrected chi connectivity index (χ0v) is 13.3. The molecule has 0 N–H and O–H groups in total. The first-order valence-electron chi connectivity index (χ1n) is 6.11. The van der Waals surface area contributed by atoms with Gasteiger partial charge in [0.05, 0.1) is 15.9 Å². The van der Waals surface area contributed by atoms with Crippen LogP contribution in [0, 0.1) is 0 Å². The third-order valence-corrected chi connectivity index (χ3v) is 4.18. The lowest BCUT2D eigenvalue weighted by Crippen LogP contribution is -2.25. The number of benzene rings is 1. The number of aromatic nitrogens is 3. The molecule has 2 heterocycles. The number of hydrogen-bond donors (Lipinski definition) is 0. The van der Waals surface area contributed by atoms with Gasteiger partial charge in [0.2, 0.25) is 6.10 Å². The lowest BCUT2D eigenvalue weighted by molar-refractivity contribution is -0.197. The minimum Gasteiger partial charge on any atom is -0.457 e. The first kappa shape index (κ1) is 16.2. The lowest BCUT2D eigenvalue weighted by atomic mass is 10.3. The van der Waals surface area contributed by atoms with Crippen molar-refractivity contribution in [3.8, 4) is 5.88 Å². The van der Waals surface area contributed by atoms with Crippen LogP contribution in [0.15, 0.2) is 30.5 Å². The number of hydrogen-bond acceptors (Lipinski definition) is 5. The molecule has 10 heteroatoms. The van der Waals surface area contributed by atoms with E-state index in [0.29, 0.717) is 22.4 Å². The summed E-state index contributed by atoms with van der Waals surface area (Å²) in [6.45, 7) is 0. The van der Waals surface area contributed by atoms with E-state index >= 15 is 0 Å². The molecule has 120 valence electrons. The van der Waals surface area contributed by atoms with Crippen LogP contribution in [0.5, 0.6) is 5.88 Å². The summed E-state index contributed by atoms with van der Waals surface area (Å²) in [6, 6.07) is 6.63. The Hall–Kier alpha value is -1.64. The van der Waals surface area contributed by atoms with Crippen molar-refractivity contribution in [2.45, 2.75) is 12.3 Å². The monoisotopic (exact) mass is 379 g/mol. The fraction of sp³-hybridized carbons (Fsp3) is 0.154. The van der Waals surface area contributed by atoms with Gasteiger partial charge in [-0.1, -0.05) is 35.3 Å². The van der Waals surface area contributed by atoms with E-state index in [0.717, 1.165) is 6.20 Å². The minimum atomic E-state index is -4.69. The van der Waals surface area contributed by atoms with E-state index in [1.807, 2.05) is 0 Å². The van der Waals surface area contributed by atoms with E-state index < -0.39 is 18.2 Å². The molecule has 1 aromatic carbocycles. The van der Waals surface area contributed by atoms with Gasteiger partial charge in [-0.2, -0.15) is 13.2 Å². The van der Waals surface area contributed by atoms with Gasteiger partial charge in [0, 0.05) is 6.20 Å². The molecule has 23 heavy (non-hydrogen) atoms. The molecule has 0 saturated carbocycles. The minimum absolute atomic E-state index is 0.0199. The van der Waals surface area contributed by atoms with Gasteiger partial charge in [0.1, 0.15) is 0 Å². The molecule has 0 amide bonds. The molecule has 0 aliphatic carbocycles. The maximum absolute atomic E-state index is 13.3. The third-order valence-electron chi connectivity index (χ3n) is 2.78. The number of rotatable bonds is 3. The van der Waals surface area contributed by atoms with Crippen molar-refractivity contribution in [1.82, 2.24) is 15.0 Å². The van der Waals surface area contributed by atoms with E-state index in [1.54, 1.807) is 24.3 Å². The maximum atomic E-state index is 13.3. The summed E-state index contributed by atoms with van der Waals surface area (Å²) in [7, 11) is 0. The second-order valence-electron chi connectivity index (χ2n) is 4.36. The molecule has 3 aromatic rings. The van der Waals surface area contributed by atoms with Crippen LogP contribution in [0.2, 0.25) is 9.62 Å². The van der Waals surface area contributed by atoms with E-state index in [-0.39, 0.29) is 14.5 Å². The third kappa shape index (κ3) is 3.49. The first-order chi connectivity index (χ1) is 10.8.